The van der Waals surface area contributed by atoms with Gasteiger partial charge in [-0.3, -0.25) is 10.3 Å². The molecule has 2 N–H and O–H groups in total. The lowest BCUT2D eigenvalue weighted by molar-refractivity contribution is -0.0170. The first-order valence-corrected chi connectivity index (χ1v) is 7.96. The van der Waals surface area contributed by atoms with Crippen LogP contribution in [-0.2, 0) is 14.2 Å². The first-order chi connectivity index (χ1) is 10.8. The third-order valence-corrected chi connectivity index (χ3v) is 2.87. The van der Waals surface area contributed by atoms with Crippen LogP contribution in [0.2, 0.25) is 0 Å². The van der Waals surface area contributed by atoms with Gasteiger partial charge in [0.15, 0.2) is 0 Å². The van der Waals surface area contributed by atoms with E-state index in [1.807, 2.05) is 6.92 Å². The zero-order valence-corrected chi connectivity index (χ0v) is 15.6. The third-order valence-electron chi connectivity index (χ3n) is 2.87. The summed E-state index contributed by atoms with van der Waals surface area (Å²) in [6.07, 6.45) is -0.671. The van der Waals surface area contributed by atoms with Crippen molar-refractivity contribution in [1.82, 2.24) is 10.6 Å². The quantitative estimate of drug-likeness (QED) is 0.748. The van der Waals surface area contributed by atoms with Gasteiger partial charge in [0.05, 0.1) is 5.54 Å². The number of aliphatic imine (C=N–C) groups is 1. The normalized spacial score (nSPS) is 21.2. The molecule has 1 aliphatic rings. The summed E-state index contributed by atoms with van der Waals surface area (Å²) in [7, 11) is 0. The number of hydrogen-bond acceptors (Lipinski definition) is 7. The lowest BCUT2D eigenvalue weighted by Gasteiger charge is -2.34. The lowest BCUT2D eigenvalue weighted by Crippen LogP contribution is -2.58. The van der Waals surface area contributed by atoms with Crippen molar-refractivity contribution in [3.8, 4) is 0 Å². The average Bonchev–Trinajstić information content (AvgIpc) is 2.32. The van der Waals surface area contributed by atoms with Crippen molar-refractivity contribution >= 4 is 18.2 Å². The second kappa shape index (κ2) is 7.27. The highest BCUT2D eigenvalue weighted by Gasteiger charge is 2.32. The molecule has 8 nitrogen and oxygen atoms in total. The number of carbonyl (C=O) groups excluding carboxylic acids is 2. The maximum atomic E-state index is 11.8. The molecule has 1 unspecified atom stereocenters. The Morgan fingerprint density at radius 1 is 1.17 bits per heavy atom. The number of carbonyl (C=O) groups is 2. The fourth-order valence-electron chi connectivity index (χ4n) is 1.88. The van der Waals surface area contributed by atoms with E-state index in [1.165, 1.54) is 0 Å². The minimum Gasteiger partial charge on any atom is -0.444 e. The molecule has 138 valence electrons. The van der Waals surface area contributed by atoms with Crippen molar-refractivity contribution in [3.05, 3.63) is 0 Å². The molecule has 0 saturated heterocycles. The van der Waals surface area contributed by atoms with Gasteiger partial charge in [-0.05, 0) is 54.9 Å². The van der Waals surface area contributed by atoms with Crippen LogP contribution in [0.15, 0.2) is 4.99 Å². The molecule has 0 saturated carbocycles. The number of rotatable bonds is 2. The molecular weight excluding hydrogens is 314 g/mol. The summed E-state index contributed by atoms with van der Waals surface area (Å²) < 4.78 is 15.5. The maximum Gasteiger partial charge on any atom is 0.508 e. The van der Waals surface area contributed by atoms with Gasteiger partial charge in [-0.1, -0.05) is 0 Å². The number of hydrogen-bond donors (Lipinski definition) is 2. The van der Waals surface area contributed by atoms with E-state index in [0.717, 1.165) is 0 Å². The van der Waals surface area contributed by atoms with Gasteiger partial charge in [-0.15, -0.1) is 0 Å². The van der Waals surface area contributed by atoms with Crippen molar-refractivity contribution in [2.75, 3.05) is 13.2 Å². The summed E-state index contributed by atoms with van der Waals surface area (Å²) in [5, 5.41) is 5.63. The summed E-state index contributed by atoms with van der Waals surface area (Å²) in [6.45, 7) is 13.1. The Kier molecular flexibility index (Phi) is 6.08. The SMILES string of the molecule is CC1(COC(=O)OC(C)(C)C)CCN=C(NC(=O)OC(C)(C)C)N1. The molecule has 0 aromatic carbocycles. The molecule has 0 aromatic heterocycles. The number of nitrogens with one attached hydrogen (secondary N) is 2. The predicted molar refractivity (Wildman–Crippen MR) is 90.0 cm³/mol. The summed E-state index contributed by atoms with van der Waals surface area (Å²) >= 11 is 0. The van der Waals surface area contributed by atoms with Gasteiger partial charge in [-0.25, -0.2) is 9.59 Å². The van der Waals surface area contributed by atoms with Crippen LogP contribution in [0.3, 0.4) is 0 Å². The Bertz CT molecular complexity index is 505. The van der Waals surface area contributed by atoms with Gasteiger partial charge in [0.2, 0.25) is 5.96 Å². The van der Waals surface area contributed by atoms with Crippen LogP contribution in [0.5, 0.6) is 0 Å². The average molecular weight is 343 g/mol. The summed E-state index contributed by atoms with van der Waals surface area (Å²) in [5.74, 6) is 0.297. The van der Waals surface area contributed by atoms with Crippen LogP contribution in [0.4, 0.5) is 9.59 Å². The molecule has 8 heteroatoms. The molecule has 0 radical (unpaired) electrons. The van der Waals surface area contributed by atoms with Crippen LogP contribution >= 0.6 is 0 Å². The minimum atomic E-state index is -0.727. The molecule has 1 amide bonds. The zero-order chi connectivity index (χ0) is 18.6. The van der Waals surface area contributed by atoms with Gasteiger partial charge >= 0.3 is 12.2 Å². The lowest BCUT2D eigenvalue weighted by atomic mass is 9.98. The van der Waals surface area contributed by atoms with E-state index in [-0.39, 0.29) is 6.61 Å². The molecule has 1 heterocycles. The van der Waals surface area contributed by atoms with Gasteiger partial charge in [0, 0.05) is 6.54 Å². The van der Waals surface area contributed by atoms with E-state index in [1.54, 1.807) is 41.5 Å². The topological polar surface area (TPSA) is 98.3 Å². The standard InChI is InChI=1S/C16H29N3O5/c1-14(2,3)23-12(20)18-11-17-9-8-16(7,19-11)10-22-13(21)24-15(4,5)6/h8-10H2,1-7H3,(H2,17,18,19,20). The van der Waals surface area contributed by atoms with Gasteiger partial charge in [-0.2, -0.15) is 0 Å². The van der Waals surface area contributed by atoms with Crippen molar-refractivity contribution in [2.24, 2.45) is 4.99 Å². The van der Waals surface area contributed by atoms with Gasteiger partial charge < -0.3 is 19.5 Å². The van der Waals surface area contributed by atoms with Crippen LogP contribution in [-0.4, -0.2) is 48.1 Å². The van der Waals surface area contributed by atoms with Crippen molar-refractivity contribution in [1.29, 1.82) is 0 Å². The van der Waals surface area contributed by atoms with Crippen molar-refractivity contribution in [2.45, 2.75) is 71.6 Å². The summed E-state index contributed by atoms with van der Waals surface area (Å²) in [6, 6.07) is 0. The Balaban J connectivity index is 2.52. The van der Waals surface area contributed by atoms with Crippen LogP contribution < -0.4 is 10.6 Å². The number of amides is 1. The van der Waals surface area contributed by atoms with E-state index in [4.69, 9.17) is 14.2 Å². The minimum absolute atomic E-state index is 0.0942. The molecule has 0 aliphatic carbocycles. The van der Waals surface area contributed by atoms with Crippen molar-refractivity contribution < 1.29 is 23.8 Å². The van der Waals surface area contributed by atoms with E-state index in [9.17, 15) is 9.59 Å². The smallest absolute Gasteiger partial charge is 0.444 e. The highest BCUT2D eigenvalue weighted by Crippen LogP contribution is 2.16. The second-order valence-corrected chi connectivity index (χ2v) is 8.05. The summed E-state index contributed by atoms with van der Waals surface area (Å²) in [4.78, 5) is 27.7. The number of alkyl carbamates (subject to hydrolysis) is 1. The van der Waals surface area contributed by atoms with Gasteiger partial charge in [0.1, 0.15) is 17.8 Å². The van der Waals surface area contributed by atoms with Crippen molar-refractivity contribution in [3.63, 3.8) is 0 Å². The van der Waals surface area contributed by atoms with Gasteiger partial charge in [0.25, 0.3) is 0 Å². The monoisotopic (exact) mass is 343 g/mol. The predicted octanol–water partition coefficient (Wildman–Crippen LogP) is 2.57. The molecule has 0 aromatic rings. The molecule has 24 heavy (non-hydrogen) atoms. The van der Waals surface area contributed by atoms with Crippen LogP contribution in [0.1, 0.15) is 54.9 Å². The molecule has 1 aliphatic heterocycles. The number of guanidine groups is 1. The Hall–Kier alpha value is -1.99. The second-order valence-electron chi connectivity index (χ2n) is 8.05. The van der Waals surface area contributed by atoms with E-state index in [2.05, 4.69) is 15.6 Å². The van der Waals surface area contributed by atoms with E-state index in [0.29, 0.717) is 18.9 Å². The zero-order valence-electron chi connectivity index (χ0n) is 15.6. The highest BCUT2D eigenvalue weighted by atomic mass is 16.7. The highest BCUT2D eigenvalue weighted by molar-refractivity contribution is 5.94. The van der Waals surface area contributed by atoms with Crippen LogP contribution in [0, 0.1) is 0 Å². The fraction of sp³-hybridized carbons (Fsp3) is 0.812. The molecule has 0 fully saturated rings. The molecule has 1 rings (SSSR count). The number of ether oxygens (including phenoxy) is 3. The Morgan fingerprint density at radius 2 is 1.75 bits per heavy atom. The Labute approximate surface area is 143 Å². The molecule has 0 bridgehead atoms. The fourth-order valence-corrected chi connectivity index (χ4v) is 1.88. The maximum absolute atomic E-state index is 11.8. The molecular formula is C16H29N3O5. The third kappa shape index (κ3) is 8.03. The molecule has 0 spiro atoms. The van der Waals surface area contributed by atoms with E-state index < -0.39 is 29.0 Å². The Morgan fingerprint density at radius 3 is 2.29 bits per heavy atom. The largest absolute Gasteiger partial charge is 0.508 e. The first kappa shape index (κ1) is 20.1. The van der Waals surface area contributed by atoms with Crippen LogP contribution in [0.25, 0.3) is 0 Å². The van der Waals surface area contributed by atoms with E-state index >= 15 is 0 Å². The molecule has 1 atom stereocenters. The number of nitrogens with zero attached hydrogens (tertiary/aromatic N) is 1. The first-order valence-electron chi connectivity index (χ1n) is 7.96. The summed E-state index contributed by atoms with van der Waals surface area (Å²) in [5.41, 5.74) is -1.76.